The third-order valence-corrected chi connectivity index (χ3v) is 10.8. The third kappa shape index (κ3) is 5.09. The van der Waals surface area contributed by atoms with E-state index in [0.29, 0.717) is 11.5 Å². The fourth-order valence-corrected chi connectivity index (χ4v) is 8.13. The Bertz CT molecular complexity index is 3100. The Morgan fingerprint density at radius 3 is 1.36 bits per heavy atom. The van der Waals surface area contributed by atoms with E-state index >= 15 is 0 Å². The zero-order valence-electron chi connectivity index (χ0n) is 30.9. The van der Waals surface area contributed by atoms with Gasteiger partial charge in [0, 0.05) is 34.3 Å². The molecular weight excluding hydrogens is 719 g/mol. The molecule has 8 heteroatoms. The van der Waals surface area contributed by atoms with E-state index in [1.807, 2.05) is 97.1 Å². The van der Waals surface area contributed by atoms with Crippen molar-refractivity contribution >= 4 is 56.3 Å². The molecule has 12 rings (SSSR count). The standard InChI is InChI=1S/C50H31N5O3/c1-2-12-34(13-3-1)55-43-30-38-48(58-50(52-38)33-24-28-36(29-25-33)54-41-16-6-10-20-46(41)57-47-21-11-7-17-42(47)54)31-37(43)51-49(55)32-22-26-35(27-23-32)53-39-14-4-8-18-44(39)56-45-19-9-5-15-40(45)53/h1-31H. The van der Waals surface area contributed by atoms with E-state index in [9.17, 15) is 0 Å². The van der Waals surface area contributed by atoms with Gasteiger partial charge < -0.3 is 23.7 Å². The van der Waals surface area contributed by atoms with Crippen molar-refractivity contribution in [3.8, 4) is 51.5 Å². The van der Waals surface area contributed by atoms with Crippen molar-refractivity contribution in [1.29, 1.82) is 0 Å². The van der Waals surface area contributed by atoms with Gasteiger partial charge in [0.25, 0.3) is 0 Å². The van der Waals surface area contributed by atoms with Gasteiger partial charge in [-0.2, -0.15) is 0 Å². The van der Waals surface area contributed by atoms with E-state index < -0.39 is 0 Å². The van der Waals surface area contributed by atoms with Gasteiger partial charge in [-0.3, -0.25) is 4.57 Å². The molecule has 4 heterocycles. The lowest BCUT2D eigenvalue weighted by atomic mass is 10.1. The molecule has 2 aliphatic heterocycles. The lowest BCUT2D eigenvalue weighted by Crippen LogP contribution is -2.15. The maximum atomic E-state index is 6.45. The second-order valence-electron chi connectivity index (χ2n) is 14.3. The highest BCUT2D eigenvalue weighted by molar-refractivity contribution is 5.95. The number of oxazole rings is 1. The maximum absolute atomic E-state index is 6.45. The molecule has 274 valence electrons. The fraction of sp³-hybridized carbons (Fsp3) is 0. The molecule has 2 aliphatic rings. The van der Waals surface area contributed by atoms with Crippen LogP contribution in [0.15, 0.2) is 192 Å². The second-order valence-corrected chi connectivity index (χ2v) is 14.3. The van der Waals surface area contributed by atoms with Crippen molar-refractivity contribution in [3.63, 3.8) is 0 Å². The van der Waals surface area contributed by atoms with Crippen LogP contribution in [0.2, 0.25) is 0 Å². The molecule has 8 aromatic carbocycles. The van der Waals surface area contributed by atoms with E-state index in [2.05, 4.69) is 105 Å². The van der Waals surface area contributed by atoms with E-state index in [-0.39, 0.29) is 0 Å². The van der Waals surface area contributed by atoms with Crippen LogP contribution in [-0.4, -0.2) is 14.5 Å². The van der Waals surface area contributed by atoms with Crippen LogP contribution in [0.4, 0.5) is 34.1 Å². The van der Waals surface area contributed by atoms with Crippen molar-refractivity contribution in [1.82, 2.24) is 14.5 Å². The number of imidazole rings is 1. The Kier molecular flexibility index (Phi) is 7.06. The summed E-state index contributed by atoms with van der Waals surface area (Å²) in [4.78, 5) is 14.7. The van der Waals surface area contributed by atoms with Crippen LogP contribution in [0.1, 0.15) is 0 Å². The maximum Gasteiger partial charge on any atom is 0.227 e. The van der Waals surface area contributed by atoms with Crippen LogP contribution in [0.3, 0.4) is 0 Å². The van der Waals surface area contributed by atoms with Gasteiger partial charge in [-0.25, -0.2) is 9.97 Å². The lowest BCUT2D eigenvalue weighted by molar-refractivity contribution is 0.477. The van der Waals surface area contributed by atoms with Crippen LogP contribution < -0.4 is 19.3 Å². The minimum Gasteiger partial charge on any atom is -0.453 e. The number of hydrogen-bond donors (Lipinski definition) is 0. The highest BCUT2D eigenvalue weighted by Gasteiger charge is 2.27. The van der Waals surface area contributed by atoms with Gasteiger partial charge in [0.1, 0.15) is 11.3 Å². The lowest BCUT2D eigenvalue weighted by Gasteiger charge is -2.32. The van der Waals surface area contributed by atoms with Gasteiger partial charge in [0.05, 0.1) is 33.8 Å². The molecule has 0 saturated heterocycles. The van der Waals surface area contributed by atoms with Crippen LogP contribution in [0.25, 0.3) is 50.7 Å². The summed E-state index contributed by atoms with van der Waals surface area (Å²) >= 11 is 0. The molecular formula is C50H31N5O3. The normalized spacial score (nSPS) is 12.7. The number of nitrogens with zero attached hydrogens (tertiary/aromatic N) is 5. The Labute approximate surface area is 333 Å². The molecule has 0 N–H and O–H groups in total. The molecule has 0 spiro atoms. The van der Waals surface area contributed by atoms with Crippen molar-refractivity contribution in [2.75, 3.05) is 9.80 Å². The summed E-state index contributed by atoms with van der Waals surface area (Å²) in [7, 11) is 0. The van der Waals surface area contributed by atoms with Crippen molar-refractivity contribution in [3.05, 3.63) is 188 Å². The molecule has 8 nitrogen and oxygen atoms in total. The summed E-state index contributed by atoms with van der Waals surface area (Å²) < 4.78 is 21.1. The summed E-state index contributed by atoms with van der Waals surface area (Å²) in [6.07, 6.45) is 0. The molecule has 0 radical (unpaired) electrons. The predicted octanol–water partition coefficient (Wildman–Crippen LogP) is 13.7. The van der Waals surface area contributed by atoms with Gasteiger partial charge in [0.2, 0.25) is 5.89 Å². The van der Waals surface area contributed by atoms with Gasteiger partial charge in [0.15, 0.2) is 28.6 Å². The molecule has 0 atom stereocenters. The van der Waals surface area contributed by atoms with Crippen molar-refractivity contribution in [2.45, 2.75) is 0 Å². The number of para-hydroxylation sites is 9. The van der Waals surface area contributed by atoms with Crippen LogP contribution in [-0.2, 0) is 0 Å². The number of aromatic nitrogens is 3. The van der Waals surface area contributed by atoms with Gasteiger partial charge in [-0.05, 0) is 115 Å². The Morgan fingerprint density at radius 1 is 0.379 bits per heavy atom. The first-order valence-electron chi connectivity index (χ1n) is 19.1. The van der Waals surface area contributed by atoms with Crippen LogP contribution in [0.5, 0.6) is 23.0 Å². The zero-order valence-corrected chi connectivity index (χ0v) is 30.9. The quantitative estimate of drug-likeness (QED) is 0.173. The van der Waals surface area contributed by atoms with E-state index in [1.54, 1.807) is 0 Å². The number of hydrogen-bond acceptors (Lipinski definition) is 7. The molecule has 10 aromatic rings. The van der Waals surface area contributed by atoms with Crippen LogP contribution >= 0.6 is 0 Å². The Morgan fingerprint density at radius 2 is 0.845 bits per heavy atom. The number of anilines is 6. The average molecular weight is 750 g/mol. The summed E-state index contributed by atoms with van der Waals surface area (Å²) in [5.41, 5.74) is 12.0. The molecule has 0 bridgehead atoms. The fourth-order valence-electron chi connectivity index (χ4n) is 8.13. The highest BCUT2D eigenvalue weighted by atomic mass is 16.5. The first-order valence-corrected chi connectivity index (χ1v) is 19.1. The van der Waals surface area contributed by atoms with Gasteiger partial charge in [-0.1, -0.05) is 66.7 Å². The van der Waals surface area contributed by atoms with E-state index in [4.69, 9.17) is 23.9 Å². The molecule has 0 aliphatic carbocycles. The van der Waals surface area contributed by atoms with E-state index in [0.717, 1.165) is 96.3 Å². The largest absolute Gasteiger partial charge is 0.453 e. The zero-order chi connectivity index (χ0) is 38.2. The summed E-state index contributed by atoms with van der Waals surface area (Å²) in [6.45, 7) is 0. The smallest absolute Gasteiger partial charge is 0.227 e. The number of benzene rings is 8. The van der Waals surface area contributed by atoms with Crippen LogP contribution in [0, 0.1) is 0 Å². The number of rotatable bonds is 5. The molecule has 0 unspecified atom stereocenters. The summed E-state index contributed by atoms with van der Waals surface area (Å²) in [5.74, 6) is 4.64. The summed E-state index contributed by atoms with van der Waals surface area (Å²) in [6, 6.07) is 63.7. The Balaban J connectivity index is 0.915. The minimum absolute atomic E-state index is 0.547. The van der Waals surface area contributed by atoms with Gasteiger partial charge in [-0.15, -0.1) is 0 Å². The number of ether oxygens (including phenoxy) is 2. The monoisotopic (exact) mass is 749 g/mol. The van der Waals surface area contributed by atoms with Crippen molar-refractivity contribution < 1.29 is 13.9 Å². The first kappa shape index (κ1) is 32.2. The predicted molar refractivity (Wildman–Crippen MR) is 229 cm³/mol. The van der Waals surface area contributed by atoms with Crippen molar-refractivity contribution in [2.24, 2.45) is 0 Å². The topological polar surface area (TPSA) is 68.8 Å². The SMILES string of the molecule is c1ccc(-n2c(-c3ccc(N4c5ccccc5Oc5ccccc54)cc3)nc3cc4oc(-c5ccc(N6c7ccccc7Oc7ccccc76)cc5)nc4cc32)cc1. The minimum atomic E-state index is 0.547. The summed E-state index contributed by atoms with van der Waals surface area (Å²) in [5, 5.41) is 0. The first-order chi connectivity index (χ1) is 28.7. The van der Waals surface area contributed by atoms with E-state index in [1.165, 1.54) is 0 Å². The molecule has 58 heavy (non-hydrogen) atoms. The second kappa shape index (κ2) is 12.7. The third-order valence-electron chi connectivity index (χ3n) is 10.8. The molecule has 0 saturated carbocycles. The van der Waals surface area contributed by atoms with Gasteiger partial charge >= 0.3 is 0 Å². The number of fused-ring (bicyclic) bond motifs is 6. The molecule has 2 aromatic heterocycles. The molecule has 0 amide bonds. The molecule has 0 fully saturated rings. The Hall–Kier alpha value is -8.10. The highest BCUT2D eigenvalue weighted by Crippen LogP contribution is 2.51. The average Bonchev–Trinajstić information content (AvgIpc) is 3.88.